The first kappa shape index (κ1) is 52.9. The highest BCUT2D eigenvalue weighted by Crippen LogP contribution is 1.97. The van der Waals surface area contributed by atoms with Crippen LogP contribution in [0.1, 0.15) is 19.3 Å². The Morgan fingerprint density at radius 2 is 0.732 bits per heavy atom. The normalized spacial score (nSPS) is 11.6. The van der Waals surface area contributed by atoms with Crippen molar-refractivity contribution in [3.8, 4) is 0 Å². The maximum absolute atomic E-state index is 11.8. The van der Waals surface area contributed by atoms with Crippen molar-refractivity contribution in [3.63, 3.8) is 0 Å². The van der Waals surface area contributed by atoms with E-state index >= 15 is 0 Å². The molecule has 0 saturated heterocycles. The molecular formula is C34H67N7O15. The molecule has 0 fully saturated rings. The largest absolute Gasteiger partial charge is 0.394 e. The van der Waals surface area contributed by atoms with Gasteiger partial charge in [0.25, 0.3) is 0 Å². The number of amides is 5. The van der Waals surface area contributed by atoms with Crippen molar-refractivity contribution in [3.05, 3.63) is 0 Å². The lowest BCUT2D eigenvalue weighted by Crippen LogP contribution is -2.41. The monoisotopic (exact) mass is 813 g/mol. The van der Waals surface area contributed by atoms with E-state index in [1.165, 1.54) is 0 Å². The third kappa shape index (κ3) is 39.1. The number of nitrogens with two attached hydrogens (primary N) is 2. The van der Waals surface area contributed by atoms with Crippen LogP contribution in [0.3, 0.4) is 0 Å². The molecule has 1 atom stereocenters. The molecular weight excluding hydrogens is 746 g/mol. The molecule has 0 aromatic heterocycles. The van der Waals surface area contributed by atoms with E-state index in [0.717, 1.165) is 12.8 Å². The quantitative estimate of drug-likeness (QED) is 0.0268. The van der Waals surface area contributed by atoms with Gasteiger partial charge in [0.1, 0.15) is 26.4 Å². The Morgan fingerprint density at radius 3 is 1.05 bits per heavy atom. The second-order valence-corrected chi connectivity index (χ2v) is 11.6. The van der Waals surface area contributed by atoms with E-state index in [1.54, 1.807) is 0 Å². The van der Waals surface area contributed by atoms with Crippen LogP contribution in [0.2, 0.25) is 0 Å². The Morgan fingerprint density at radius 1 is 0.429 bits per heavy atom. The van der Waals surface area contributed by atoms with Crippen molar-refractivity contribution < 1.29 is 71.7 Å². The second kappa shape index (κ2) is 41.5. The molecule has 0 unspecified atom stereocenters. The number of ether oxygens (including phenoxy) is 9. The molecule has 0 aromatic carbocycles. The zero-order chi connectivity index (χ0) is 41.2. The van der Waals surface area contributed by atoms with Crippen molar-refractivity contribution in [2.75, 3.05) is 165 Å². The molecule has 0 aliphatic heterocycles. The van der Waals surface area contributed by atoms with Gasteiger partial charge in [0, 0.05) is 32.7 Å². The number of nitrogens with one attached hydrogen (secondary N) is 5. The number of hydrogen-bond donors (Lipinski definition) is 8. The number of unbranched alkanes of at least 4 members (excludes halogenated alkanes) is 1. The zero-order valence-corrected chi connectivity index (χ0v) is 32.7. The molecule has 22 heteroatoms. The average molecular weight is 814 g/mol. The van der Waals surface area contributed by atoms with Gasteiger partial charge in [-0.15, -0.1) is 0 Å². The molecule has 328 valence electrons. The highest BCUT2D eigenvalue weighted by molar-refractivity contribution is 5.81. The van der Waals surface area contributed by atoms with Crippen LogP contribution in [0.15, 0.2) is 0 Å². The SMILES string of the molecule is NCCCC[C@H](N)C(=O)NCCOCCOCC(=O)NCCOCCOCC(=O)NCCOCCOCC(=O)NCCOCCOCC(=O)NCCOCCO. The molecule has 0 spiro atoms. The predicted molar refractivity (Wildman–Crippen MR) is 200 cm³/mol. The summed E-state index contributed by atoms with van der Waals surface area (Å²) < 4.78 is 47.4. The van der Waals surface area contributed by atoms with Gasteiger partial charge >= 0.3 is 0 Å². The van der Waals surface area contributed by atoms with Gasteiger partial charge in [-0.1, -0.05) is 6.42 Å². The van der Waals surface area contributed by atoms with Crippen LogP contribution in [0, 0.1) is 0 Å². The topological polar surface area (TPSA) is 301 Å². The summed E-state index contributed by atoms with van der Waals surface area (Å²) in [5, 5.41) is 21.9. The summed E-state index contributed by atoms with van der Waals surface area (Å²) in [6, 6.07) is -0.554. The summed E-state index contributed by atoms with van der Waals surface area (Å²) in [6.07, 6.45) is 2.23. The summed E-state index contributed by atoms with van der Waals surface area (Å²) in [6.45, 7) is 5.05. The van der Waals surface area contributed by atoms with Crippen molar-refractivity contribution in [2.24, 2.45) is 11.5 Å². The third-order valence-electron chi connectivity index (χ3n) is 6.78. The van der Waals surface area contributed by atoms with E-state index in [1.807, 2.05) is 0 Å². The van der Waals surface area contributed by atoms with E-state index in [-0.39, 0.29) is 155 Å². The molecule has 0 aliphatic rings. The van der Waals surface area contributed by atoms with E-state index in [9.17, 15) is 24.0 Å². The summed E-state index contributed by atoms with van der Waals surface area (Å²) >= 11 is 0. The van der Waals surface area contributed by atoms with Gasteiger partial charge in [-0.2, -0.15) is 0 Å². The second-order valence-electron chi connectivity index (χ2n) is 11.6. The first-order valence-corrected chi connectivity index (χ1v) is 18.9. The molecule has 56 heavy (non-hydrogen) atoms. The Balaban J connectivity index is 3.40. The number of rotatable bonds is 42. The Labute approximate surface area is 329 Å². The van der Waals surface area contributed by atoms with Gasteiger partial charge in [0.2, 0.25) is 29.5 Å². The molecule has 0 aromatic rings. The van der Waals surface area contributed by atoms with Crippen LogP contribution in [0.25, 0.3) is 0 Å². The summed E-state index contributed by atoms with van der Waals surface area (Å²) in [4.78, 5) is 58.8. The van der Waals surface area contributed by atoms with Gasteiger partial charge in [-0.3, -0.25) is 24.0 Å². The van der Waals surface area contributed by atoms with E-state index in [4.69, 9.17) is 59.2 Å². The van der Waals surface area contributed by atoms with Gasteiger partial charge in [0.15, 0.2) is 0 Å². The number of aliphatic hydroxyl groups excluding tert-OH is 1. The number of aliphatic hydroxyl groups is 1. The highest BCUT2D eigenvalue weighted by atomic mass is 16.5. The van der Waals surface area contributed by atoms with Crippen LogP contribution < -0.4 is 38.1 Å². The fourth-order valence-electron chi connectivity index (χ4n) is 3.98. The van der Waals surface area contributed by atoms with E-state index in [0.29, 0.717) is 45.8 Å². The molecule has 0 bridgehead atoms. The fourth-order valence-corrected chi connectivity index (χ4v) is 3.98. The van der Waals surface area contributed by atoms with Gasteiger partial charge < -0.3 is 85.8 Å². The average Bonchev–Trinajstić information content (AvgIpc) is 3.18. The van der Waals surface area contributed by atoms with E-state index < -0.39 is 6.04 Å². The zero-order valence-electron chi connectivity index (χ0n) is 32.7. The van der Waals surface area contributed by atoms with Crippen LogP contribution in [-0.2, 0) is 66.6 Å². The Bertz CT molecular complexity index is 988. The number of hydrogen-bond acceptors (Lipinski definition) is 17. The first-order chi connectivity index (χ1) is 27.3. The van der Waals surface area contributed by atoms with E-state index in [2.05, 4.69) is 26.6 Å². The maximum atomic E-state index is 11.8. The molecule has 22 nitrogen and oxygen atoms in total. The smallest absolute Gasteiger partial charge is 0.246 e. The van der Waals surface area contributed by atoms with Gasteiger partial charge in [-0.05, 0) is 19.4 Å². The molecule has 0 heterocycles. The van der Waals surface area contributed by atoms with Crippen molar-refractivity contribution in [1.29, 1.82) is 0 Å². The fraction of sp³-hybridized carbons (Fsp3) is 0.853. The van der Waals surface area contributed by atoms with Gasteiger partial charge in [-0.25, -0.2) is 0 Å². The lowest BCUT2D eigenvalue weighted by molar-refractivity contribution is -0.128. The summed E-state index contributed by atoms with van der Waals surface area (Å²) in [5.41, 5.74) is 11.2. The molecule has 0 radical (unpaired) electrons. The Hall–Kier alpha value is -3.13. The third-order valence-corrected chi connectivity index (χ3v) is 6.78. The molecule has 10 N–H and O–H groups in total. The minimum atomic E-state index is -0.554. The molecule has 0 aliphatic carbocycles. The first-order valence-electron chi connectivity index (χ1n) is 18.9. The lowest BCUT2D eigenvalue weighted by Gasteiger charge is -2.12. The van der Waals surface area contributed by atoms with Crippen LogP contribution in [0.4, 0.5) is 0 Å². The summed E-state index contributed by atoms with van der Waals surface area (Å²) in [7, 11) is 0. The summed E-state index contributed by atoms with van der Waals surface area (Å²) in [5.74, 6) is -1.41. The lowest BCUT2D eigenvalue weighted by atomic mass is 10.1. The minimum Gasteiger partial charge on any atom is -0.394 e. The predicted octanol–water partition coefficient (Wildman–Crippen LogP) is -4.83. The van der Waals surface area contributed by atoms with Crippen LogP contribution >= 0.6 is 0 Å². The molecule has 0 saturated carbocycles. The standard InChI is InChI=1S/C34H67N7O15/c35-4-2-1-3-29(36)34(47)41-9-15-52-20-24-56-28-33(46)40-8-14-51-19-23-55-27-32(45)39-7-13-50-18-22-54-26-31(44)38-6-12-49-17-21-53-25-30(43)37-5-11-48-16-10-42/h29,42H,1-28,35-36H2,(H,37,43)(H,38,44)(H,39,45)(H,40,46)(H,41,47)/t29-/m0/s1. The van der Waals surface area contributed by atoms with Crippen molar-refractivity contribution in [2.45, 2.75) is 25.3 Å². The molecule has 0 rings (SSSR count). The van der Waals surface area contributed by atoms with Crippen molar-refractivity contribution in [1.82, 2.24) is 26.6 Å². The van der Waals surface area contributed by atoms with Gasteiger partial charge in [0.05, 0.1) is 105 Å². The van der Waals surface area contributed by atoms with Crippen LogP contribution in [-0.4, -0.2) is 205 Å². The highest BCUT2D eigenvalue weighted by Gasteiger charge is 2.12. The van der Waals surface area contributed by atoms with Crippen LogP contribution in [0.5, 0.6) is 0 Å². The number of carbonyl (C=O) groups is 5. The maximum Gasteiger partial charge on any atom is 0.246 e. The van der Waals surface area contributed by atoms with Crippen molar-refractivity contribution >= 4 is 29.5 Å². The number of carbonyl (C=O) groups excluding carboxylic acids is 5. The minimum absolute atomic E-state index is 0.0670. The molecule has 5 amide bonds. The Kier molecular flexibility index (Phi) is 39.2.